The first-order valence-electron chi connectivity index (χ1n) is 15.4. The molecule has 4 rings (SSSR count). The van der Waals surface area contributed by atoms with E-state index in [-0.39, 0.29) is 17.7 Å². The van der Waals surface area contributed by atoms with Gasteiger partial charge in [0.1, 0.15) is 11.8 Å². The number of nitriles is 1. The monoisotopic (exact) mass is 597 g/mol. The van der Waals surface area contributed by atoms with Gasteiger partial charge in [-0.05, 0) is 94.9 Å². The maximum Gasteiger partial charge on any atom is 0.174 e. The van der Waals surface area contributed by atoms with Gasteiger partial charge in [0.05, 0.1) is 29.5 Å². The molecule has 0 aromatic carbocycles. The molecule has 0 unspecified atom stereocenters. The second kappa shape index (κ2) is 15.2. The van der Waals surface area contributed by atoms with Gasteiger partial charge < -0.3 is 20.1 Å². The first-order chi connectivity index (χ1) is 20.2. The lowest BCUT2D eigenvalue weighted by Crippen LogP contribution is -2.41. The Morgan fingerprint density at radius 2 is 1.98 bits per heavy atom. The highest BCUT2D eigenvalue weighted by Gasteiger charge is 2.32. The maximum atomic E-state index is 11.9. The van der Waals surface area contributed by atoms with Gasteiger partial charge >= 0.3 is 0 Å². The van der Waals surface area contributed by atoms with Crippen molar-refractivity contribution in [3.63, 3.8) is 0 Å². The molecule has 1 aliphatic carbocycles. The number of hydrogen-bond donors (Lipinski definition) is 2. The Kier molecular flexibility index (Phi) is 11.7. The molecule has 2 fully saturated rings. The van der Waals surface area contributed by atoms with E-state index < -0.39 is 15.3 Å². The van der Waals surface area contributed by atoms with Gasteiger partial charge in [0, 0.05) is 49.3 Å². The number of nitrogens with zero attached hydrogens (tertiary/aromatic N) is 3. The average Bonchev–Trinajstić information content (AvgIpc) is 2.98. The Hall–Kier alpha value is -2.58. The molecule has 1 aliphatic heterocycles. The van der Waals surface area contributed by atoms with Crippen LogP contribution in [0.1, 0.15) is 70.1 Å². The fourth-order valence-electron chi connectivity index (χ4n) is 5.99. The van der Waals surface area contributed by atoms with Crippen molar-refractivity contribution < 1.29 is 17.9 Å². The van der Waals surface area contributed by atoms with Crippen molar-refractivity contribution in [2.24, 2.45) is 11.3 Å². The molecular weight excluding hydrogens is 550 g/mol. The number of nitrogens with one attached hydrogen (secondary N) is 2. The van der Waals surface area contributed by atoms with Crippen molar-refractivity contribution in [1.29, 1.82) is 5.26 Å². The van der Waals surface area contributed by atoms with Crippen molar-refractivity contribution in [1.82, 2.24) is 15.3 Å². The van der Waals surface area contributed by atoms with Crippen LogP contribution in [0.2, 0.25) is 0 Å². The molecule has 2 aromatic rings. The van der Waals surface area contributed by atoms with Crippen LogP contribution in [0.25, 0.3) is 11.3 Å². The molecule has 2 aromatic heterocycles. The highest BCUT2D eigenvalue weighted by atomic mass is 32.2. The van der Waals surface area contributed by atoms with Crippen LogP contribution in [-0.2, 0) is 25.7 Å². The maximum absolute atomic E-state index is 11.9. The molecular formula is C32H47N5O4S. The van der Waals surface area contributed by atoms with Crippen LogP contribution in [0.15, 0.2) is 30.5 Å². The van der Waals surface area contributed by atoms with Crippen LogP contribution in [0.4, 0.5) is 5.82 Å². The fraction of sp³-hybridized carbons (Fsp3) is 0.656. The second-order valence-electron chi connectivity index (χ2n) is 12.2. The molecule has 230 valence electrons. The first-order valence-corrected chi connectivity index (χ1v) is 17.2. The van der Waals surface area contributed by atoms with Crippen molar-refractivity contribution in [3.8, 4) is 17.3 Å². The molecule has 2 N–H and O–H groups in total. The number of sulfone groups is 1. The van der Waals surface area contributed by atoms with E-state index >= 15 is 0 Å². The van der Waals surface area contributed by atoms with Gasteiger partial charge in [0.15, 0.2) is 9.84 Å². The molecule has 1 saturated heterocycles. The van der Waals surface area contributed by atoms with E-state index in [2.05, 4.69) is 36.6 Å². The molecule has 9 nitrogen and oxygen atoms in total. The average molecular weight is 598 g/mol. The fourth-order valence-corrected chi connectivity index (χ4v) is 7.08. The van der Waals surface area contributed by atoms with Gasteiger partial charge in [-0.25, -0.2) is 13.4 Å². The van der Waals surface area contributed by atoms with Crippen LogP contribution >= 0.6 is 0 Å². The normalized spacial score (nSPS) is 21.4. The summed E-state index contributed by atoms with van der Waals surface area (Å²) in [6.07, 6.45) is 9.42. The highest BCUT2D eigenvalue weighted by molar-refractivity contribution is 7.91. The summed E-state index contributed by atoms with van der Waals surface area (Å²) >= 11 is 0. The van der Waals surface area contributed by atoms with E-state index in [4.69, 9.17) is 19.4 Å². The lowest BCUT2D eigenvalue weighted by molar-refractivity contribution is 0.0455. The van der Waals surface area contributed by atoms with Gasteiger partial charge in [0.2, 0.25) is 0 Å². The molecule has 0 amide bonds. The Morgan fingerprint density at radius 1 is 1.21 bits per heavy atom. The standard InChI is InChI=1S/C32H47N5O4S/c1-4-16-42(38,39)23-41-20-25(3)36-27-10-8-26(9-11-27)17-28-18-29(24(2)19-34-28)30-6-5-7-31(37-30)35-22-32(21-33)12-14-40-15-13-32/h5-7,18-19,25-27,36H,4,8-17,20,22-23H2,1-3H3,(H,35,37)/t25-,26?,27?/m1/s1. The van der Waals surface area contributed by atoms with Crippen molar-refractivity contribution >= 4 is 15.7 Å². The van der Waals surface area contributed by atoms with Crippen molar-refractivity contribution in [2.75, 3.05) is 43.4 Å². The molecule has 2 aliphatic rings. The summed E-state index contributed by atoms with van der Waals surface area (Å²) in [5.41, 5.74) is 3.77. The van der Waals surface area contributed by atoms with E-state index in [9.17, 15) is 13.7 Å². The van der Waals surface area contributed by atoms with Gasteiger partial charge in [0.25, 0.3) is 0 Å². The number of pyridine rings is 2. The quantitative estimate of drug-likeness (QED) is 0.307. The topological polar surface area (TPSA) is 126 Å². The van der Waals surface area contributed by atoms with Crippen LogP contribution in [0, 0.1) is 29.6 Å². The third-order valence-corrected chi connectivity index (χ3v) is 10.0. The molecule has 42 heavy (non-hydrogen) atoms. The minimum Gasteiger partial charge on any atom is -0.381 e. The van der Waals surface area contributed by atoms with Gasteiger partial charge in [-0.1, -0.05) is 13.0 Å². The van der Waals surface area contributed by atoms with Gasteiger partial charge in [-0.3, -0.25) is 4.98 Å². The van der Waals surface area contributed by atoms with Crippen LogP contribution in [0.3, 0.4) is 0 Å². The zero-order chi connectivity index (χ0) is 30.0. The number of anilines is 1. The van der Waals surface area contributed by atoms with E-state index in [1.54, 1.807) is 0 Å². The highest BCUT2D eigenvalue weighted by Crippen LogP contribution is 2.31. The molecule has 0 radical (unpaired) electrons. The molecule has 1 saturated carbocycles. The summed E-state index contributed by atoms with van der Waals surface area (Å²) in [5.74, 6) is 1.34. The van der Waals surface area contributed by atoms with Crippen molar-refractivity contribution in [2.45, 2.75) is 84.2 Å². The van der Waals surface area contributed by atoms with E-state index in [0.29, 0.717) is 44.7 Å². The second-order valence-corrected chi connectivity index (χ2v) is 14.3. The number of ether oxygens (including phenoxy) is 2. The van der Waals surface area contributed by atoms with Crippen LogP contribution in [0.5, 0.6) is 0 Å². The van der Waals surface area contributed by atoms with Crippen molar-refractivity contribution in [3.05, 3.63) is 41.7 Å². The Bertz CT molecular complexity index is 1300. The Morgan fingerprint density at radius 3 is 2.69 bits per heavy atom. The summed E-state index contributed by atoms with van der Waals surface area (Å²) in [7, 11) is -3.11. The Balaban J connectivity index is 1.27. The summed E-state index contributed by atoms with van der Waals surface area (Å²) in [4.78, 5) is 9.65. The smallest absolute Gasteiger partial charge is 0.174 e. The van der Waals surface area contributed by atoms with Crippen LogP contribution < -0.4 is 10.6 Å². The third-order valence-electron chi connectivity index (χ3n) is 8.49. The van der Waals surface area contributed by atoms with Gasteiger partial charge in [-0.15, -0.1) is 0 Å². The number of aromatic nitrogens is 2. The minimum atomic E-state index is -3.11. The molecule has 0 spiro atoms. The lowest BCUT2D eigenvalue weighted by Gasteiger charge is -2.31. The van der Waals surface area contributed by atoms with E-state index in [1.807, 2.05) is 31.3 Å². The van der Waals surface area contributed by atoms with Crippen LogP contribution in [-0.4, -0.2) is 68.5 Å². The number of rotatable bonds is 14. The number of hydrogen-bond acceptors (Lipinski definition) is 9. The van der Waals surface area contributed by atoms with Gasteiger partial charge in [-0.2, -0.15) is 5.26 Å². The predicted molar refractivity (Wildman–Crippen MR) is 166 cm³/mol. The Labute approximate surface area is 251 Å². The van der Waals surface area contributed by atoms with E-state index in [1.165, 1.54) is 0 Å². The largest absolute Gasteiger partial charge is 0.381 e. The minimum absolute atomic E-state index is 0.115. The van der Waals surface area contributed by atoms with E-state index in [0.717, 1.165) is 73.3 Å². The number of aryl methyl sites for hydroxylation is 1. The molecule has 10 heteroatoms. The summed E-state index contributed by atoms with van der Waals surface area (Å²) < 4.78 is 34.7. The molecule has 3 heterocycles. The summed E-state index contributed by atoms with van der Waals surface area (Å²) in [6.45, 7) is 8.21. The zero-order valence-corrected chi connectivity index (χ0v) is 26.2. The summed E-state index contributed by atoms with van der Waals surface area (Å²) in [5, 5.41) is 16.8. The first kappa shape index (κ1) is 32.3. The third kappa shape index (κ3) is 9.46. The SMILES string of the molecule is CCCS(=O)(=O)COC[C@@H](C)NC1CCC(Cc2cc(-c3cccc(NCC4(C#N)CCOCC4)n3)c(C)cn2)CC1. The zero-order valence-electron chi connectivity index (χ0n) is 25.4. The lowest BCUT2D eigenvalue weighted by atomic mass is 9.82. The summed E-state index contributed by atoms with van der Waals surface area (Å²) in [6, 6.07) is 11.2. The molecule has 1 atom stereocenters. The predicted octanol–water partition coefficient (Wildman–Crippen LogP) is 5.06. The molecule has 0 bridgehead atoms.